The first-order valence-corrected chi connectivity index (χ1v) is 9.07. The van der Waals surface area contributed by atoms with E-state index in [1.807, 2.05) is 43.3 Å². The van der Waals surface area contributed by atoms with Crippen molar-refractivity contribution in [1.29, 1.82) is 0 Å². The van der Waals surface area contributed by atoms with E-state index in [0.717, 1.165) is 15.7 Å². The van der Waals surface area contributed by atoms with E-state index in [4.69, 9.17) is 16.3 Å². The first kappa shape index (κ1) is 21.3. The minimum Gasteiger partial charge on any atom is -0.466 e. The number of anilines is 1. The van der Waals surface area contributed by atoms with Crippen molar-refractivity contribution in [2.75, 3.05) is 12.4 Å². The Labute approximate surface area is 177 Å². The Balaban J connectivity index is 0.00000261. The molecule has 3 rings (SSSR count). The predicted molar refractivity (Wildman–Crippen MR) is 114 cm³/mol. The van der Waals surface area contributed by atoms with Gasteiger partial charge in [0.2, 0.25) is 5.96 Å². The fourth-order valence-electron chi connectivity index (χ4n) is 2.67. The molecule has 0 saturated carbocycles. The molecule has 2 aromatic rings. The normalized spacial score (nSPS) is 16.0. The number of benzene rings is 2. The van der Waals surface area contributed by atoms with Crippen LogP contribution in [-0.2, 0) is 9.53 Å². The third-order valence-corrected chi connectivity index (χ3v) is 4.72. The minimum atomic E-state index is -0.487. The lowest BCUT2D eigenvalue weighted by Gasteiger charge is -2.26. The van der Waals surface area contributed by atoms with Crippen molar-refractivity contribution in [3.8, 4) is 0 Å². The van der Waals surface area contributed by atoms with Crippen molar-refractivity contribution in [2.45, 2.75) is 13.0 Å². The molecule has 0 saturated heterocycles. The van der Waals surface area contributed by atoms with Crippen LogP contribution in [-0.4, -0.2) is 19.0 Å². The second-order valence-corrected chi connectivity index (χ2v) is 7.07. The standard InChI is InChI=1S/C19H17BrClN3O2.ClH/c1-11-16(18(25)26-2)17(12-3-7-14(21)8-4-12)24-19(22-11)23-15-9-5-13(20)6-10-15;/h3-10,17H,1-2H3,(H2,22,23,24);1H. The number of nitrogens with zero attached hydrogens (tertiary/aromatic N) is 1. The molecule has 0 radical (unpaired) electrons. The van der Waals surface area contributed by atoms with Gasteiger partial charge in [0.25, 0.3) is 0 Å². The van der Waals surface area contributed by atoms with Crippen LogP contribution >= 0.6 is 39.9 Å². The Bertz CT molecular complexity index is 881. The van der Waals surface area contributed by atoms with Gasteiger partial charge in [0, 0.05) is 20.9 Å². The smallest absolute Gasteiger partial charge is 0.338 e. The van der Waals surface area contributed by atoms with E-state index in [1.165, 1.54) is 7.11 Å². The van der Waals surface area contributed by atoms with Crippen LogP contribution < -0.4 is 10.6 Å². The SMILES string of the molecule is COC(=O)C1=C(C)NC(Nc2ccc(Br)cc2)=NC1c1ccc(Cl)cc1.Cl. The third-order valence-electron chi connectivity index (χ3n) is 3.94. The summed E-state index contributed by atoms with van der Waals surface area (Å²) in [7, 11) is 1.36. The van der Waals surface area contributed by atoms with Gasteiger partial charge >= 0.3 is 5.97 Å². The molecule has 0 spiro atoms. The molecule has 1 aliphatic heterocycles. The van der Waals surface area contributed by atoms with Gasteiger partial charge in [-0.2, -0.15) is 0 Å². The molecule has 1 unspecified atom stereocenters. The van der Waals surface area contributed by atoms with Crippen molar-refractivity contribution >= 4 is 57.6 Å². The summed E-state index contributed by atoms with van der Waals surface area (Å²) < 4.78 is 5.93. The number of hydrogen-bond acceptors (Lipinski definition) is 5. The maximum Gasteiger partial charge on any atom is 0.338 e. The van der Waals surface area contributed by atoms with Crippen molar-refractivity contribution in [2.24, 2.45) is 4.99 Å². The van der Waals surface area contributed by atoms with Crippen LogP contribution in [0.3, 0.4) is 0 Å². The van der Waals surface area contributed by atoms with Crippen LogP contribution in [0.5, 0.6) is 0 Å². The first-order valence-electron chi connectivity index (χ1n) is 7.90. The van der Waals surface area contributed by atoms with Gasteiger partial charge in [-0.3, -0.25) is 0 Å². The average Bonchev–Trinajstić information content (AvgIpc) is 2.63. The van der Waals surface area contributed by atoms with Crippen LogP contribution in [0, 0.1) is 0 Å². The fourth-order valence-corrected chi connectivity index (χ4v) is 3.06. The van der Waals surface area contributed by atoms with Crippen molar-refractivity contribution in [3.05, 3.63) is 74.9 Å². The molecular formula is C19H18BrCl2N3O2. The molecule has 1 atom stereocenters. The minimum absolute atomic E-state index is 0. The van der Waals surface area contributed by atoms with E-state index in [-0.39, 0.29) is 12.4 Å². The van der Waals surface area contributed by atoms with Crippen molar-refractivity contribution < 1.29 is 9.53 Å². The van der Waals surface area contributed by atoms with Crippen LogP contribution in [0.25, 0.3) is 0 Å². The summed E-state index contributed by atoms with van der Waals surface area (Å²) in [5, 5.41) is 6.99. The van der Waals surface area contributed by atoms with E-state index in [0.29, 0.717) is 22.3 Å². The molecule has 2 aromatic carbocycles. The number of carbonyl (C=O) groups is 1. The van der Waals surface area contributed by atoms with E-state index >= 15 is 0 Å². The Morgan fingerprint density at radius 1 is 1.19 bits per heavy atom. The highest BCUT2D eigenvalue weighted by Gasteiger charge is 2.30. The van der Waals surface area contributed by atoms with Gasteiger partial charge in [-0.05, 0) is 48.9 Å². The zero-order valence-electron chi connectivity index (χ0n) is 14.6. The van der Waals surface area contributed by atoms with Crippen LogP contribution in [0.2, 0.25) is 5.02 Å². The third kappa shape index (κ3) is 5.03. The number of allylic oxidation sites excluding steroid dienone is 1. The number of carbonyl (C=O) groups excluding carboxylic acids is 1. The highest BCUT2D eigenvalue weighted by molar-refractivity contribution is 9.10. The van der Waals surface area contributed by atoms with Crippen LogP contribution in [0.4, 0.5) is 5.69 Å². The zero-order chi connectivity index (χ0) is 18.7. The number of rotatable bonds is 3. The Morgan fingerprint density at radius 2 is 1.81 bits per heavy atom. The van der Waals surface area contributed by atoms with E-state index in [9.17, 15) is 4.79 Å². The maximum atomic E-state index is 12.3. The molecule has 0 bridgehead atoms. The fraction of sp³-hybridized carbons (Fsp3) is 0.158. The van der Waals surface area contributed by atoms with Gasteiger partial charge in [-0.1, -0.05) is 39.7 Å². The molecular weight excluding hydrogens is 453 g/mol. The lowest BCUT2D eigenvalue weighted by atomic mass is 9.96. The second-order valence-electron chi connectivity index (χ2n) is 5.72. The lowest BCUT2D eigenvalue weighted by Crippen LogP contribution is -2.36. The largest absolute Gasteiger partial charge is 0.466 e. The average molecular weight is 471 g/mol. The van der Waals surface area contributed by atoms with Gasteiger partial charge in [-0.15, -0.1) is 12.4 Å². The highest BCUT2D eigenvalue weighted by atomic mass is 79.9. The van der Waals surface area contributed by atoms with E-state index in [2.05, 4.69) is 31.6 Å². The number of esters is 1. The quantitative estimate of drug-likeness (QED) is 0.613. The van der Waals surface area contributed by atoms with Crippen LogP contribution in [0.1, 0.15) is 18.5 Å². The molecule has 0 aromatic heterocycles. The monoisotopic (exact) mass is 469 g/mol. The number of ether oxygens (including phenoxy) is 1. The maximum absolute atomic E-state index is 12.3. The van der Waals surface area contributed by atoms with Gasteiger partial charge in [-0.25, -0.2) is 9.79 Å². The summed E-state index contributed by atoms with van der Waals surface area (Å²) in [6.07, 6.45) is 0. The molecule has 1 heterocycles. The molecule has 142 valence electrons. The topological polar surface area (TPSA) is 62.7 Å². The summed E-state index contributed by atoms with van der Waals surface area (Å²) in [4.78, 5) is 17.0. The molecule has 0 fully saturated rings. The van der Waals surface area contributed by atoms with E-state index < -0.39 is 12.0 Å². The summed E-state index contributed by atoms with van der Waals surface area (Å²) in [6, 6.07) is 14.5. The highest BCUT2D eigenvalue weighted by Crippen LogP contribution is 2.32. The molecule has 2 N–H and O–H groups in total. The van der Waals surface area contributed by atoms with Gasteiger partial charge < -0.3 is 15.4 Å². The number of hydrogen-bond donors (Lipinski definition) is 2. The molecule has 27 heavy (non-hydrogen) atoms. The second kappa shape index (κ2) is 9.26. The Hall–Kier alpha value is -2.02. The zero-order valence-corrected chi connectivity index (χ0v) is 17.8. The summed E-state index contributed by atoms with van der Waals surface area (Å²) in [5.41, 5.74) is 2.89. The van der Waals surface area contributed by atoms with Crippen molar-refractivity contribution in [3.63, 3.8) is 0 Å². The molecule has 1 aliphatic rings. The predicted octanol–water partition coefficient (Wildman–Crippen LogP) is 5.08. The summed E-state index contributed by atoms with van der Waals surface area (Å²) >= 11 is 9.40. The number of methoxy groups -OCH3 is 1. The first-order chi connectivity index (χ1) is 12.5. The number of nitrogens with one attached hydrogen (secondary N) is 2. The van der Waals surface area contributed by atoms with Crippen LogP contribution in [0.15, 0.2) is 69.3 Å². The lowest BCUT2D eigenvalue weighted by molar-refractivity contribution is -0.136. The summed E-state index contributed by atoms with van der Waals surface area (Å²) in [6.45, 7) is 1.83. The Kier molecular flexibility index (Phi) is 7.30. The van der Waals surface area contributed by atoms with Gasteiger partial charge in [0.15, 0.2) is 0 Å². The van der Waals surface area contributed by atoms with Gasteiger partial charge in [0.05, 0.1) is 12.7 Å². The molecule has 0 aliphatic carbocycles. The van der Waals surface area contributed by atoms with E-state index in [1.54, 1.807) is 12.1 Å². The van der Waals surface area contributed by atoms with Gasteiger partial charge in [0.1, 0.15) is 6.04 Å². The number of halogens is 3. The molecule has 8 heteroatoms. The molecule has 5 nitrogen and oxygen atoms in total. The number of aliphatic imine (C=N–C) groups is 1. The number of guanidine groups is 1. The summed E-state index contributed by atoms with van der Waals surface area (Å²) in [5.74, 6) is 0.138. The van der Waals surface area contributed by atoms with Crippen molar-refractivity contribution in [1.82, 2.24) is 5.32 Å². The Morgan fingerprint density at radius 3 is 2.41 bits per heavy atom. The molecule has 0 amide bonds.